The van der Waals surface area contributed by atoms with Crippen molar-refractivity contribution in [2.75, 3.05) is 0 Å². The molecule has 0 spiro atoms. The van der Waals surface area contributed by atoms with Crippen molar-refractivity contribution in [3.63, 3.8) is 0 Å². The first kappa shape index (κ1) is 8.32. The molecule has 3 heteroatoms. The summed E-state index contributed by atoms with van der Waals surface area (Å²) in [5.74, 6) is 0. The number of benzene rings is 1. The Morgan fingerprint density at radius 1 is 1.31 bits per heavy atom. The van der Waals surface area contributed by atoms with Gasteiger partial charge in [0.25, 0.3) is 0 Å². The van der Waals surface area contributed by atoms with Crippen molar-refractivity contribution < 1.29 is 0 Å². The molecule has 1 aromatic carbocycles. The van der Waals surface area contributed by atoms with E-state index in [0.717, 1.165) is 16.3 Å². The van der Waals surface area contributed by atoms with E-state index >= 15 is 0 Å². The topological polar surface area (TPSA) is 17.8 Å². The lowest BCUT2D eigenvalue weighted by Gasteiger charge is -2.06. The highest BCUT2D eigenvalue weighted by atomic mass is 35.5. The van der Waals surface area contributed by atoms with E-state index in [1.165, 1.54) is 0 Å². The second-order valence-corrected chi connectivity index (χ2v) is 3.24. The van der Waals surface area contributed by atoms with E-state index in [1.54, 1.807) is 10.9 Å². The maximum atomic E-state index is 5.99. The third kappa shape index (κ3) is 1.45. The molecule has 0 N–H and O–H groups in total. The SMILES string of the molecule is Cc1c(Cl)cccc1-n1cccn1. The summed E-state index contributed by atoms with van der Waals surface area (Å²) in [4.78, 5) is 0. The Kier molecular flexibility index (Phi) is 2.07. The average Bonchev–Trinajstić information content (AvgIpc) is 2.62. The van der Waals surface area contributed by atoms with Crippen molar-refractivity contribution >= 4 is 11.6 Å². The van der Waals surface area contributed by atoms with Gasteiger partial charge in [-0.3, -0.25) is 0 Å². The normalized spacial score (nSPS) is 10.3. The quantitative estimate of drug-likeness (QED) is 0.680. The van der Waals surface area contributed by atoms with E-state index in [2.05, 4.69) is 5.10 Å². The van der Waals surface area contributed by atoms with E-state index in [9.17, 15) is 0 Å². The molecule has 0 atom stereocenters. The minimum Gasteiger partial charge on any atom is -0.241 e. The maximum absolute atomic E-state index is 5.99. The van der Waals surface area contributed by atoms with Crippen LogP contribution in [0, 0.1) is 6.92 Å². The van der Waals surface area contributed by atoms with Gasteiger partial charge < -0.3 is 0 Å². The molecule has 0 saturated carbocycles. The summed E-state index contributed by atoms with van der Waals surface area (Å²) >= 11 is 5.99. The Morgan fingerprint density at radius 2 is 2.15 bits per heavy atom. The lowest BCUT2D eigenvalue weighted by Crippen LogP contribution is -1.96. The van der Waals surface area contributed by atoms with Crippen LogP contribution >= 0.6 is 11.6 Å². The molecular formula is C10H9ClN2. The molecule has 0 aliphatic carbocycles. The molecule has 0 aliphatic rings. The fourth-order valence-corrected chi connectivity index (χ4v) is 1.43. The van der Waals surface area contributed by atoms with Crippen LogP contribution in [-0.2, 0) is 0 Å². The van der Waals surface area contributed by atoms with Crippen molar-refractivity contribution in [3.05, 3.63) is 47.2 Å². The van der Waals surface area contributed by atoms with Crippen molar-refractivity contribution in [1.82, 2.24) is 9.78 Å². The van der Waals surface area contributed by atoms with Crippen molar-refractivity contribution in [2.45, 2.75) is 6.92 Å². The highest BCUT2D eigenvalue weighted by molar-refractivity contribution is 6.31. The van der Waals surface area contributed by atoms with Gasteiger partial charge in [-0.2, -0.15) is 5.10 Å². The monoisotopic (exact) mass is 192 g/mol. The molecule has 0 saturated heterocycles. The van der Waals surface area contributed by atoms with E-state index < -0.39 is 0 Å². The molecule has 2 aromatic rings. The molecule has 2 nitrogen and oxygen atoms in total. The van der Waals surface area contributed by atoms with Gasteiger partial charge in [-0.1, -0.05) is 17.7 Å². The summed E-state index contributed by atoms with van der Waals surface area (Å²) < 4.78 is 1.81. The first-order chi connectivity index (χ1) is 6.29. The summed E-state index contributed by atoms with van der Waals surface area (Å²) in [6, 6.07) is 7.69. The number of halogens is 1. The summed E-state index contributed by atoms with van der Waals surface area (Å²) in [6.45, 7) is 1.99. The fourth-order valence-electron chi connectivity index (χ4n) is 1.26. The third-order valence-corrected chi connectivity index (χ3v) is 2.40. The Balaban J connectivity index is 2.59. The van der Waals surface area contributed by atoms with Crippen molar-refractivity contribution in [3.8, 4) is 5.69 Å². The molecule has 0 unspecified atom stereocenters. The number of hydrogen-bond acceptors (Lipinski definition) is 1. The molecule has 0 bridgehead atoms. The number of hydrogen-bond donors (Lipinski definition) is 0. The predicted octanol–water partition coefficient (Wildman–Crippen LogP) is 2.83. The molecule has 1 aromatic heterocycles. The van der Waals surface area contributed by atoms with Crippen LogP contribution in [0.3, 0.4) is 0 Å². The van der Waals surface area contributed by atoms with E-state index in [-0.39, 0.29) is 0 Å². The van der Waals surface area contributed by atoms with Crippen LogP contribution in [0.2, 0.25) is 5.02 Å². The highest BCUT2D eigenvalue weighted by Crippen LogP contribution is 2.20. The Bertz CT molecular complexity index is 407. The van der Waals surface area contributed by atoms with Gasteiger partial charge in [0.05, 0.1) is 5.69 Å². The summed E-state index contributed by atoms with van der Waals surface area (Å²) in [7, 11) is 0. The van der Waals surface area contributed by atoms with Crippen molar-refractivity contribution in [2.24, 2.45) is 0 Å². The van der Waals surface area contributed by atoms with Gasteiger partial charge in [-0.05, 0) is 30.7 Å². The van der Waals surface area contributed by atoms with Crippen LogP contribution in [0.15, 0.2) is 36.7 Å². The molecule has 0 amide bonds. The van der Waals surface area contributed by atoms with Crippen LogP contribution < -0.4 is 0 Å². The Labute approximate surface area is 81.8 Å². The molecular weight excluding hydrogens is 184 g/mol. The van der Waals surface area contributed by atoms with Gasteiger partial charge in [0, 0.05) is 17.4 Å². The van der Waals surface area contributed by atoms with E-state index in [1.807, 2.05) is 37.4 Å². The summed E-state index contributed by atoms with van der Waals surface area (Å²) in [6.07, 6.45) is 3.65. The van der Waals surface area contributed by atoms with E-state index in [0.29, 0.717) is 0 Å². The van der Waals surface area contributed by atoms with Crippen LogP contribution in [0.4, 0.5) is 0 Å². The minimum atomic E-state index is 0.771. The summed E-state index contributed by atoms with van der Waals surface area (Å²) in [5, 5.41) is 4.92. The lowest BCUT2D eigenvalue weighted by atomic mass is 10.2. The second kappa shape index (κ2) is 3.23. The highest BCUT2D eigenvalue weighted by Gasteiger charge is 2.02. The largest absolute Gasteiger partial charge is 0.241 e. The van der Waals surface area contributed by atoms with Gasteiger partial charge in [-0.25, -0.2) is 4.68 Å². The number of nitrogens with zero attached hydrogens (tertiary/aromatic N) is 2. The zero-order chi connectivity index (χ0) is 9.26. The third-order valence-electron chi connectivity index (χ3n) is 1.99. The molecule has 13 heavy (non-hydrogen) atoms. The number of aromatic nitrogens is 2. The smallest absolute Gasteiger partial charge is 0.0689 e. The first-order valence-corrected chi connectivity index (χ1v) is 4.42. The zero-order valence-corrected chi connectivity index (χ0v) is 7.99. The van der Waals surface area contributed by atoms with E-state index in [4.69, 9.17) is 11.6 Å². The lowest BCUT2D eigenvalue weighted by molar-refractivity contribution is 0.873. The average molecular weight is 193 g/mol. The van der Waals surface area contributed by atoms with Crippen molar-refractivity contribution in [1.29, 1.82) is 0 Å². The van der Waals surface area contributed by atoms with Crippen LogP contribution in [-0.4, -0.2) is 9.78 Å². The standard InChI is InChI=1S/C10H9ClN2/c1-8-9(11)4-2-5-10(8)13-7-3-6-12-13/h2-7H,1H3. The molecule has 0 fully saturated rings. The van der Waals surface area contributed by atoms with Gasteiger partial charge in [0.1, 0.15) is 0 Å². The van der Waals surface area contributed by atoms with Gasteiger partial charge >= 0.3 is 0 Å². The van der Waals surface area contributed by atoms with Crippen LogP contribution in [0.25, 0.3) is 5.69 Å². The second-order valence-electron chi connectivity index (χ2n) is 2.83. The molecule has 0 aliphatic heterocycles. The molecule has 2 rings (SSSR count). The first-order valence-electron chi connectivity index (χ1n) is 4.04. The molecule has 1 heterocycles. The van der Waals surface area contributed by atoms with Crippen LogP contribution in [0.1, 0.15) is 5.56 Å². The van der Waals surface area contributed by atoms with Crippen LogP contribution in [0.5, 0.6) is 0 Å². The van der Waals surface area contributed by atoms with Gasteiger partial charge in [-0.15, -0.1) is 0 Å². The maximum Gasteiger partial charge on any atom is 0.0689 e. The molecule has 66 valence electrons. The van der Waals surface area contributed by atoms with Gasteiger partial charge in [0.15, 0.2) is 0 Å². The van der Waals surface area contributed by atoms with Gasteiger partial charge in [0.2, 0.25) is 0 Å². The predicted molar refractivity (Wildman–Crippen MR) is 53.3 cm³/mol. The zero-order valence-electron chi connectivity index (χ0n) is 7.24. The Hall–Kier alpha value is -1.28. The molecule has 0 radical (unpaired) electrons. The number of rotatable bonds is 1. The minimum absolute atomic E-state index is 0.771. The fraction of sp³-hybridized carbons (Fsp3) is 0.100. The summed E-state index contributed by atoms with van der Waals surface area (Å²) in [5.41, 5.74) is 2.07. The Morgan fingerprint density at radius 3 is 2.85 bits per heavy atom.